The highest BCUT2D eigenvalue weighted by Crippen LogP contribution is 2.22. The van der Waals surface area contributed by atoms with Gasteiger partial charge in [-0.3, -0.25) is 0 Å². The van der Waals surface area contributed by atoms with E-state index in [9.17, 15) is 16.8 Å². The minimum Gasteiger partial charge on any atom is -0.316 e. The quantitative estimate of drug-likeness (QED) is 0.615. The van der Waals surface area contributed by atoms with Gasteiger partial charge in [-0.2, -0.15) is 0 Å². The second-order valence-electron chi connectivity index (χ2n) is 5.41. The first-order valence-corrected chi connectivity index (χ1v) is 10.0. The third kappa shape index (κ3) is 4.50. The molecule has 9 heteroatoms. The van der Waals surface area contributed by atoms with Crippen LogP contribution in [0.25, 0.3) is 0 Å². The van der Waals surface area contributed by atoms with E-state index in [1.54, 1.807) is 7.05 Å². The van der Waals surface area contributed by atoms with Gasteiger partial charge >= 0.3 is 0 Å². The van der Waals surface area contributed by atoms with Gasteiger partial charge in [0, 0.05) is 18.6 Å². The van der Waals surface area contributed by atoms with Crippen molar-refractivity contribution in [3.63, 3.8) is 0 Å². The highest BCUT2D eigenvalue weighted by molar-refractivity contribution is 7.90. The van der Waals surface area contributed by atoms with Crippen LogP contribution < -0.4 is 14.8 Å². The molecule has 1 atom stereocenters. The highest BCUT2D eigenvalue weighted by Gasteiger charge is 2.28. The van der Waals surface area contributed by atoms with Gasteiger partial charge in [0.1, 0.15) is 0 Å². The lowest BCUT2D eigenvalue weighted by Gasteiger charge is -2.12. The molecule has 1 aliphatic rings. The van der Waals surface area contributed by atoms with Crippen LogP contribution in [-0.2, 0) is 20.0 Å². The molecule has 0 aromatic heterocycles. The summed E-state index contributed by atoms with van der Waals surface area (Å²) in [6.45, 7) is 2.10. The molecule has 0 aliphatic heterocycles. The molecule has 124 valence electrons. The fourth-order valence-corrected chi connectivity index (χ4v) is 4.14. The van der Waals surface area contributed by atoms with Crippen molar-refractivity contribution in [2.75, 3.05) is 13.6 Å². The molecule has 1 aromatic rings. The van der Waals surface area contributed by atoms with E-state index < -0.39 is 20.0 Å². The summed E-state index contributed by atoms with van der Waals surface area (Å²) in [4.78, 5) is 0.114. The zero-order valence-corrected chi connectivity index (χ0v) is 14.2. The van der Waals surface area contributed by atoms with Crippen molar-refractivity contribution in [1.82, 2.24) is 14.8 Å². The van der Waals surface area contributed by atoms with E-state index in [1.165, 1.54) is 24.3 Å². The molecule has 1 saturated carbocycles. The Hall–Kier alpha value is -1.00. The lowest BCUT2D eigenvalue weighted by atomic mass is 10.4. The minimum absolute atomic E-state index is 0.00262. The SMILES string of the molecule is CNC(C)CNS(=O)(=O)c1ccc(S(=O)(=O)NC2CC2)cc1. The van der Waals surface area contributed by atoms with E-state index in [0.717, 1.165) is 12.8 Å². The molecule has 0 saturated heterocycles. The Morgan fingerprint density at radius 2 is 1.55 bits per heavy atom. The maximum Gasteiger partial charge on any atom is 0.240 e. The standard InChI is InChI=1S/C13H21N3O4S2/c1-10(14-2)9-15-21(17,18)12-5-7-13(8-6-12)22(19,20)16-11-3-4-11/h5-8,10-11,14-16H,3-4,9H2,1-2H3. The van der Waals surface area contributed by atoms with Crippen molar-refractivity contribution >= 4 is 20.0 Å². The van der Waals surface area contributed by atoms with E-state index in [0.29, 0.717) is 0 Å². The summed E-state index contributed by atoms with van der Waals surface area (Å²) in [7, 11) is -5.47. The minimum atomic E-state index is -3.64. The molecule has 2 rings (SSSR count). The lowest BCUT2D eigenvalue weighted by Crippen LogP contribution is -2.37. The van der Waals surface area contributed by atoms with Gasteiger partial charge in [-0.1, -0.05) is 0 Å². The smallest absolute Gasteiger partial charge is 0.240 e. The molecule has 7 nitrogen and oxygen atoms in total. The van der Waals surface area contributed by atoms with Crippen LogP contribution in [0.3, 0.4) is 0 Å². The Labute approximate surface area is 131 Å². The molecule has 22 heavy (non-hydrogen) atoms. The number of hydrogen-bond donors (Lipinski definition) is 3. The third-order valence-corrected chi connectivity index (χ3v) is 6.39. The van der Waals surface area contributed by atoms with Crippen molar-refractivity contribution < 1.29 is 16.8 Å². The van der Waals surface area contributed by atoms with Gasteiger partial charge in [-0.25, -0.2) is 26.3 Å². The van der Waals surface area contributed by atoms with Crippen molar-refractivity contribution in [3.8, 4) is 0 Å². The first-order chi connectivity index (χ1) is 10.2. The Bertz CT molecular complexity index is 710. The van der Waals surface area contributed by atoms with Crippen LogP contribution >= 0.6 is 0 Å². The van der Waals surface area contributed by atoms with Gasteiger partial charge in [0.15, 0.2) is 0 Å². The lowest BCUT2D eigenvalue weighted by molar-refractivity contribution is 0.554. The van der Waals surface area contributed by atoms with Crippen molar-refractivity contribution in [2.24, 2.45) is 0 Å². The maximum atomic E-state index is 12.1. The highest BCUT2D eigenvalue weighted by atomic mass is 32.2. The fraction of sp³-hybridized carbons (Fsp3) is 0.538. The van der Waals surface area contributed by atoms with Gasteiger partial charge in [-0.05, 0) is 51.1 Å². The van der Waals surface area contributed by atoms with E-state index in [-0.39, 0.29) is 28.4 Å². The van der Waals surface area contributed by atoms with Gasteiger partial charge < -0.3 is 5.32 Å². The second-order valence-corrected chi connectivity index (χ2v) is 8.89. The number of likely N-dealkylation sites (N-methyl/N-ethyl adjacent to an activating group) is 1. The summed E-state index contributed by atoms with van der Waals surface area (Å²) in [6.07, 6.45) is 1.69. The molecule has 3 N–H and O–H groups in total. The number of nitrogens with one attached hydrogen (secondary N) is 3. The van der Waals surface area contributed by atoms with E-state index in [4.69, 9.17) is 0 Å². The Morgan fingerprint density at radius 1 is 1.05 bits per heavy atom. The molecule has 1 aromatic carbocycles. The van der Waals surface area contributed by atoms with Crippen LogP contribution in [0, 0.1) is 0 Å². The van der Waals surface area contributed by atoms with Crippen molar-refractivity contribution in [3.05, 3.63) is 24.3 Å². The number of hydrogen-bond acceptors (Lipinski definition) is 5. The predicted molar refractivity (Wildman–Crippen MR) is 83.5 cm³/mol. The zero-order valence-electron chi connectivity index (χ0n) is 12.5. The Balaban J connectivity index is 2.10. The number of rotatable bonds is 8. The average Bonchev–Trinajstić information content (AvgIpc) is 3.28. The monoisotopic (exact) mass is 347 g/mol. The van der Waals surface area contributed by atoms with E-state index in [2.05, 4.69) is 14.8 Å². The predicted octanol–water partition coefficient (Wildman–Crippen LogP) is 0.0135. The molecule has 1 fully saturated rings. The van der Waals surface area contributed by atoms with Crippen molar-refractivity contribution in [1.29, 1.82) is 0 Å². The van der Waals surface area contributed by atoms with Crippen LogP contribution in [0.4, 0.5) is 0 Å². The fourth-order valence-electron chi connectivity index (χ4n) is 1.71. The summed E-state index contributed by atoms with van der Waals surface area (Å²) in [6, 6.07) is 5.22. The Morgan fingerprint density at radius 3 is 2.00 bits per heavy atom. The van der Waals surface area contributed by atoms with E-state index >= 15 is 0 Å². The molecule has 0 radical (unpaired) electrons. The number of benzene rings is 1. The van der Waals surface area contributed by atoms with Crippen molar-refractivity contribution in [2.45, 2.75) is 41.6 Å². The molecular weight excluding hydrogens is 326 g/mol. The summed E-state index contributed by atoms with van der Waals surface area (Å²) < 4.78 is 53.2. The molecule has 1 aliphatic carbocycles. The van der Waals surface area contributed by atoms with Crippen LogP contribution in [0.15, 0.2) is 34.1 Å². The largest absolute Gasteiger partial charge is 0.316 e. The van der Waals surface area contributed by atoms with Crippen LogP contribution in [0.2, 0.25) is 0 Å². The molecule has 0 bridgehead atoms. The molecule has 0 spiro atoms. The molecular formula is C13H21N3O4S2. The second kappa shape index (κ2) is 6.63. The first kappa shape index (κ1) is 17.4. The van der Waals surface area contributed by atoms with Crippen LogP contribution in [0.5, 0.6) is 0 Å². The van der Waals surface area contributed by atoms with Gasteiger partial charge in [0.2, 0.25) is 20.0 Å². The topological polar surface area (TPSA) is 104 Å². The summed E-state index contributed by atoms with van der Waals surface area (Å²) in [5.74, 6) is 0. The Kier molecular flexibility index (Phi) is 5.23. The normalized spacial score (nSPS) is 17.4. The maximum absolute atomic E-state index is 12.1. The van der Waals surface area contributed by atoms with Gasteiger partial charge in [-0.15, -0.1) is 0 Å². The summed E-state index contributed by atoms with van der Waals surface area (Å²) >= 11 is 0. The first-order valence-electron chi connectivity index (χ1n) is 7.04. The summed E-state index contributed by atoms with van der Waals surface area (Å²) in [5.41, 5.74) is 0. The molecule has 0 heterocycles. The van der Waals surface area contributed by atoms with Crippen LogP contribution in [0.1, 0.15) is 19.8 Å². The van der Waals surface area contributed by atoms with Gasteiger partial charge in [0.05, 0.1) is 9.79 Å². The molecule has 1 unspecified atom stereocenters. The van der Waals surface area contributed by atoms with Crippen LogP contribution in [-0.4, -0.2) is 42.5 Å². The molecule has 0 amide bonds. The average molecular weight is 347 g/mol. The van der Waals surface area contributed by atoms with E-state index in [1.807, 2.05) is 6.92 Å². The zero-order chi connectivity index (χ0) is 16.4. The van der Waals surface area contributed by atoms with Gasteiger partial charge in [0.25, 0.3) is 0 Å². The summed E-state index contributed by atoms with van der Waals surface area (Å²) in [5, 5.41) is 2.93. The number of sulfonamides is 2. The third-order valence-electron chi connectivity index (χ3n) is 3.42.